The predicted octanol–water partition coefficient (Wildman–Crippen LogP) is 1.26. The molecule has 15 heavy (non-hydrogen) atoms. The summed E-state index contributed by atoms with van der Waals surface area (Å²) in [7, 11) is 0. The van der Waals surface area contributed by atoms with Crippen LogP contribution in [0.25, 0.3) is 0 Å². The number of esters is 1. The van der Waals surface area contributed by atoms with Crippen LogP contribution >= 0.6 is 0 Å². The Morgan fingerprint density at radius 2 is 2.47 bits per heavy atom. The van der Waals surface area contributed by atoms with E-state index in [4.69, 9.17) is 9.47 Å². The lowest BCUT2D eigenvalue weighted by molar-refractivity contribution is -0.153. The summed E-state index contributed by atoms with van der Waals surface area (Å²) in [6, 6.07) is 0. The number of hydrogen-bond donors (Lipinski definition) is 1. The predicted molar refractivity (Wildman–Crippen MR) is 55.5 cm³/mol. The van der Waals surface area contributed by atoms with Gasteiger partial charge in [0.05, 0.1) is 12.7 Å². The standard InChI is InChI=1S/C11H20O4/c1-2-14-11(13)10(12)7-3-5-9-6-4-8-15-9/h9-10,12H,2-8H2,1H3. The topological polar surface area (TPSA) is 55.8 Å². The fourth-order valence-electron chi connectivity index (χ4n) is 1.77. The quantitative estimate of drug-likeness (QED) is 0.679. The third kappa shape index (κ3) is 4.62. The van der Waals surface area contributed by atoms with Gasteiger partial charge in [-0.05, 0) is 39.0 Å². The molecule has 1 heterocycles. The summed E-state index contributed by atoms with van der Waals surface area (Å²) in [5.74, 6) is -0.509. The molecule has 0 spiro atoms. The van der Waals surface area contributed by atoms with Crippen molar-refractivity contribution in [2.24, 2.45) is 0 Å². The second kappa shape index (κ2) is 6.80. The van der Waals surface area contributed by atoms with Crippen LogP contribution in [0.15, 0.2) is 0 Å². The SMILES string of the molecule is CCOC(=O)C(O)CCCC1CCCO1. The Morgan fingerprint density at radius 1 is 1.67 bits per heavy atom. The Balaban J connectivity index is 2.05. The molecule has 0 aliphatic carbocycles. The van der Waals surface area contributed by atoms with Crippen LogP contribution in [0.5, 0.6) is 0 Å². The summed E-state index contributed by atoms with van der Waals surface area (Å²) < 4.78 is 10.2. The van der Waals surface area contributed by atoms with Crippen molar-refractivity contribution in [3.63, 3.8) is 0 Å². The maximum Gasteiger partial charge on any atom is 0.334 e. The van der Waals surface area contributed by atoms with E-state index < -0.39 is 12.1 Å². The molecule has 1 saturated heterocycles. The van der Waals surface area contributed by atoms with Crippen molar-refractivity contribution < 1.29 is 19.4 Å². The Hall–Kier alpha value is -0.610. The van der Waals surface area contributed by atoms with E-state index in [-0.39, 0.29) is 0 Å². The van der Waals surface area contributed by atoms with Gasteiger partial charge in [-0.2, -0.15) is 0 Å². The number of carbonyl (C=O) groups excluding carboxylic acids is 1. The number of rotatable bonds is 6. The molecule has 88 valence electrons. The van der Waals surface area contributed by atoms with Crippen molar-refractivity contribution in [2.45, 2.75) is 51.2 Å². The minimum absolute atomic E-state index is 0.321. The van der Waals surface area contributed by atoms with Crippen molar-refractivity contribution in [3.8, 4) is 0 Å². The lowest BCUT2D eigenvalue weighted by Crippen LogP contribution is -2.23. The maximum atomic E-state index is 11.1. The maximum absolute atomic E-state index is 11.1. The summed E-state index contributed by atoms with van der Waals surface area (Å²) in [5.41, 5.74) is 0. The Kier molecular flexibility index (Phi) is 5.65. The fourth-order valence-corrected chi connectivity index (χ4v) is 1.77. The van der Waals surface area contributed by atoms with E-state index in [0.29, 0.717) is 19.1 Å². The first kappa shape index (κ1) is 12.5. The van der Waals surface area contributed by atoms with Crippen LogP contribution in [0.3, 0.4) is 0 Å². The van der Waals surface area contributed by atoms with E-state index in [0.717, 1.165) is 32.3 Å². The largest absolute Gasteiger partial charge is 0.464 e. The normalized spacial score (nSPS) is 22.7. The van der Waals surface area contributed by atoms with Gasteiger partial charge in [-0.3, -0.25) is 0 Å². The Labute approximate surface area is 90.6 Å². The average Bonchev–Trinajstić information content (AvgIpc) is 2.71. The van der Waals surface area contributed by atoms with Gasteiger partial charge in [0.25, 0.3) is 0 Å². The van der Waals surface area contributed by atoms with Gasteiger partial charge in [-0.1, -0.05) is 0 Å². The molecule has 1 aliphatic rings. The molecule has 4 heteroatoms. The summed E-state index contributed by atoms with van der Waals surface area (Å²) in [5, 5.41) is 9.41. The van der Waals surface area contributed by atoms with Crippen molar-refractivity contribution in [3.05, 3.63) is 0 Å². The van der Waals surface area contributed by atoms with Crippen LogP contribution in [0.1, 0.15) is 39.0 Å². The highest BCUT2D eigenvalue weighted by Gasteiger charge is 2.18. The molecule has 1 N–H and O–H groups in total. The van der Waals surface area contributed by atoms with Crippen LogP contribution in [0.2, 0.25) is 0 Å². The zero-order valence-corrected chi connectivity index (χ0v) is 9.28. The molecule has 4 nitrogen and oxygen atoms in total. The molecule has 0 aromatic carbocycles. The average molecular weight is 216 g/mol. The highest BCUT2D eigenvalue weighted by molar-refractivity contribution is 5.74. The molecule has 0 aromatic heterocycles. The number of aliphatic hydroxyl groups is 1. The molecule has 0 saturated carbocycles. The van der Waals surface area contributed by atoms with Crippen LogP contribution < -0.4 is 0 Å². The zero-order chi connectivity index (χ0) is 11.1. The molecule has 1 aliphatic heterocycles. The highest BCUT2D eigenvalue weighted by Crippen LogP contribution is 2.18. The second-order valence-corrected chi connectivity index (χ2v) is 3.83. The summed E-state index contributed by atoms with van der Waals surface area (Å²) >= 11 is 0. The Morgan fingerprint density at radius 3 is 3.07 bits per heavy atom. The molecule has 1 rings (SSSR count). The lowest BCUT2D eigenvalue weighted by Gasteiger charge is -2.11. The molecule has 0 aromatic rings. The highest BCUT2D eigenvalue weighted by atomic mass is 16.5. The van der Waals surface area contributed by atoms with Crippen molar-refractivity contribution >= 4 is 5.97 Å². The smallest absolute Gasteiger partial charge is 0.334 e. The first-order chi connectivity index (χ1) is 7.24. The molecule has 0 bridgehead atoms. The minimum Gasteiger partial charge on any atom is -0.464 e. The summed E-state index contributed by atoms with van der Waals surface area (Å²) in [6.07, 6.45) is 3.81. The van der Waals surface area contributed by atoms with Gasteiger partial charge in [0.15, 0.2) is 6.10 Å². The third-order valence-electron chi connectivity index (χ3n) is 2.59. The van der Waals surface area contributed by atoms with Crippen LogP contribution in [-0.2, 0) is 14.3 Å². The van der Waals surface area contributed by atoms with Crippen molar-refractivity contribution in [1.82, 2.24) is 0 Å². The Bertz CT molecular complexity index is 187. The zero-order valence-electron chi connectivity index (χ0n) is 9.28. The van der Waals surface area contributed by atoms with E-state index >= 15 is 0 Å². The number of hydrogen-bond acceptors (Lipinski definition) is 4. The second-order valence-electron chi connectivity index (χ2n) is 3.83. The first-order valence-electron chi connectivity index (χ1n) is 5.70. The molecule has 2 atom stereocenters. The van der Waals surface area contributed by atoms with Gasteiger partial charge in [0.1, 0.15) is 0 Å². The first-order valence-corrected chi connectivity index (χ1v) is 5.70. The number of aliphatic hydroxyl groups excluding tert-OH is 1. The minimum atomic E-state index is -0.966. The van der Waals surface area contributed by atoms with E-state index in [1.807, 2.05) is 0 Å². The van der Waals surface area contributed by atoms with Crippen molar-refractivity contribution in [1.29, 1.82) is 0 Å². The van der Waals surface area contributed by atoms with E-state index in [1.165, 1.54) is 0 Å². The van der Waals surface area contributed by atoms with Crippen LogP contribution in [-0.4, -0.2) is 36.5 Å². The molecule has 0 radical (unpaired) electrons. The third-order valence-corrected chi connectivity index (χ3v) is 2.59. The molecule has 1 fully saturated rings. The number of carbonyl (C=O) groups is 1. The van der Waals surface area contributed by atoms with Gasteiger partial charge >= 0.3 is 5.97 Å². The van der Waals surface area contributed by atoms with E-state index in [1.54, 1.807) is 6.92 Å². The van der Waals surface area contributed by atoms with Gasteiger partial charge < -0.3 is 14.6 Å². The van der Waals surface area contributed by atoms with Gasteiger partial charge in [-0.15, -0.1) is 0 Å². The van der Waals surface area contributed by atoms with Gasteiger partial charge in [0, 0.05) is 6.61 Å². The van der Waals surface area contributed by atoms with E-state index in [2.05, 4.69) is 0 Å². The van der Waals surface area contributed by atoms with Gasteiger partial charge in [-0.25, -0.2) is 4.79 Å². The monoisotopic (exact) mass is 216 g/mol. The summed E-state index contributed by atoms with van der Waals surface area (Å²) in [4.78, 5) is 11.1. The van der Waals surface area contributed by atoms with Gasteiger partial charge in [0.2, 0.25) is 0 Å². The van der Waals surface area contributed by atoms with E-state index in [9.17, 15) is 9.90 Å². The molecular weight excluding hydrogens is 196 g/mol. The molecular formula is C11H20O4. The number of ether oxygens (including phenoxy) is 2. The lowest BCUT2D eigenvalue weighted by atomic mass is 10.1. The fraction of sp³-hybridized carbons (Fsp3) is 0.909. The molecule has 0 amide bonds. The molecule has 2 unspecified atom stereocenters. The summed E-state index contributed by atoms with van der Waals surface area (Å²) in [6.45, 7) is 2.91. The van der Waals surface area contributed by atoms with Crippen molar-refractivity contribution in [2.75, 3.05) is 13.2 Å². The van der Waals surface area contributed by atoms with Crippen LogP contribution in [0, 0.1) is 0 Å². The van der Waals surface area contributed by atoms with Crippen LogP contribution in [0.4, 0.5) is 0 Å².